The summed E-state index contributed by atoms with van der Waals surface area (Å²) in [6.45, 7) is 0. The quantitative estimate of drug-likeness (QED) is 0.395. The molecule has 0 unspecified atom stereocenters. The van der Waals surface area contributed by atoms with Gasteiger partial charge in [0.05, 0.1) is 0 Å². The van der Waals surface area contributed by atoms with Crippen LogP contribution in [0.15, 0.2) is 0 Å². The fourth-order valence-electron chi connectivity index (χ4n) is 0.610. The maximum Gasteiger partial charge on any atom is 0.101 e. The molecule has 3 heteroatoms. The third kappa shape index (κ3) is 1.78. The summed E-state index contributed by atoms with van der Waals surface area (Å²) in [6.07, 6.45) is 2.42. The van der Waals surface area contributed by atoms with Gasteiger partial charge >= 0.3 is 0 Å². The molecule has 0 aromatic carbocycles. The average Bonchev–Trinajstić information content (AvgIpc) is 1.84. The van der Waals surface area contributed by atoms with Gasteiger partial charge in [0.1, 0.15) is 3.41 Å². The fourth-order valence-corrected chi connectivity index (χ4v) is 2.38. The molecule has 0 atom stereocenters. The largest absolute Gasteiger partial charge is 0.151 e. The van der Waals surface area contributed by atoms with E-state index in [1.165, 1.54) is 12.2 Å². The summed E-state index contributed by atoms with van der Waals surface area (Å²) in [5.74, 6) is 1.23. The molecule has 1 aliphatic heterocycles. The van der Waals surface area contributed by atoms with Crippen LogP contribution in [0.2, 0.25) is 0 Å². The fraction of sp³-hybridized carbons (Fsp3) is 1.00. The molecule has 7 heavy (non-hydrogen) atoms. The number of thiol groups is 2. The predicted octanol–water partition coefficient (Wildman–Crippen LogP) is 2.03. The van der Waals surface area contributed by atoms with Gasteiger partial charge in [0, 0.05) is 0 Å². The van der Waals surface area contributed by atoms with Crippen molar-refractivity contribution in [1.82, 2.24) is 0 Å². The topological polar surface area (TPSA) is 0 Å². The van der Waals surface area contributed by atoms with Crippen LogP contribution < -0.4 is 0 Å². The first-order valence-electron chi connectivity index (χ1n) is 2.29. The highest BCUT2D eigenvalue weighted by atomic mass is 32.2. The van der Waals surface area contributed by atoms with Crippen LogP contribution in [0.3, 0.4) is 0 Å². The molecule has 0 spiro atoms. The van der Waals surface area contributed by atoms with Gasteiger partial charge in [-0.2, -0.15) is 25.3 Å². The lowest BCUT2D eigenvalue weighted by Crippen LogP contribution is -1.97. The molecule has 1 heterocycles. The lowest BCUT2D eigenvalue weighted by molar-refractivity contribution is 0.903. The number of rotatable bonds is 0. The molecule has 0 aromatic rings. The highest BCUT2D eigenvalue weighted by Crippen LogP contribution is 2.43. The van der Waals surface area contributed by atoms with Crippen molar-refractivity contribution in [3.8, 4) is 0 Å². The minimum Gasteiger partial charge on any atom is -0.151 e. The highest BCUT2D eigenvalue weighted by Gasteiger charge is 2.25. The molecule has 0 N–H and O–H groups in total. The summed E-state index contributed by atoms with van der Waals surface area (Å²) in [5.41, 5.74) is 0. The summed E-state index contributed by atoms with van der Waals surface area (Å²) < 4.78 is 0.000000000000000222. The highest BCUT2D eigenvalue weighted by molar-refractivity contribution is 8.24. The standard InChI is InChI=1S/C4H8S3/c5-4(6)2-1-3-7-4/h5-6H,1-3H2. The Morgan fingerprint density at radius 3 is 2.29 bits per heavy atom. The third-order valence-electron chi connectivity index (χ3n) is 0.980. The third-order valence-corrected chi connectivity index (χ3v) is 3.36. The summed E-state index contributed by atoms with van der Waals surface area (Å²) in [5, 5.41) is 0. The van der Waals surface area contributed by atoms with Gasteiger partial charge in [0.2, 0.25) is 0 Å². The van der Waals surface area contributed by atoms with Gasteiger partial charge in [0.25, 0.3) is 0 Å². The van der Waals surface area contributed by atoms with Crippen LogP contribution in [0.25, 0.3) is 0 Å². The molecule has 0 saturated carbocycles. The molecule has 0 amide bonds. The van der Waals surface area contributed by atoms with Crippen molar-refractivity contribution < 1.29 is 0 Å². The van der Waals surface area contributed by atoms with Crippen molar-refractivity contribution in [2.75, 3.05) is 5.75 Å². The van der Waals surface area contributed by atoms with Crippen molar-refractivity contribution in [2.45, 2.75) is 16.3 Å². The lowest BCUT2D eigenvalue weighted by atomic mass is 10.4. The van der Waals surface area contributed by atoms with E-state index < -0.39 is 0 Å². The first-order chi connectivity index (χ1) is 3.21. The molecule has 0 radical (unpaired) electrons. The maximum atomic E-state index is 4.28. The molecule has 1 saturated heterocycles. The number of hydrogen-bond acceptors (Lipinski definition) is 3. The minimum atomic E-state index is 0.000000000000000222. The van der Waals surface area contributed by atoms with E-state index in [-0.39, 0.29) is 3.41 Å². The first kappa shape index (κ1) is 6.17. The van der Waals surface area contributed by atoms with Gasteiger partial charge in [-0.3, -0.25) is 0 Å². The number of hydrogen-bond donors (Lipinski definition) is 2. The summed E-state index contributed by atoms with van der Waals surface area (Å²) in [7, 11) is 0. The number of thioether (sulfide) groups is 1. The Kier molecular flexibility index (Phi) is 1.86. The van der Waals surface area contributed by atoms with E-state index in [2.05, 4.69) is 25.3 Å². The van der Waals surface area contributed by atoms with E-state index in [1.54, 1.807) is 0 Å². The Morgan fingerprint density at radius 2 is 2.14 bits per heavy atom. The van der Waals surface area contributed by atoms with Gasteiger partial charge < -0.3 is 0 Å². The van der Waals surface area contributed by atoms with E-state index in [4.69, 9.17) is 0 Å². The lowest BCUT2D eigenvalue weighted by Gasteiger charge is -2.10. The van der Waals surface area contributed by atoms with Gasteiger partial charge in [-0.1, -0.05) is 0 Å². The van der Waals surface area contributed by atoms with Crippen LogP contribution in [-0.4, -0.2) is 9.16 Å². The Morgan fingerprint density at radius 1 is 1.43 bits per heavy atom. The Balaban J connectivity index is 2.40. The minimum absolute atomic E-state index is 0.000000000000000222. The van der Waals surface area contributed by atoms with Gasteiger partial charge in [0.15, 0.2) is 0 Å². The predicted molar refractivity (Wildman–Crippen MR) is 42.4 cm³/mol. The molecular formula is C4H8S3. The molecule has 0 nitrogen and oxygen atoms in total. The molecular weight excluding hydrogens is 144 g/mol. The summed E-state index contributed by atoms with van der Waals surface area (Å²) >= 11 is 10.4. The van der Waals surface area contributed by atoms with Crippen LogP contribution in [0.4, 0.5) is 0 Å². The molecule has 1 rings (SSSR count). The second-order valence-electron chi connectivity index (χ2n) is 1.70. The summed E-state index contributed by atoms with van der Waals surface area (Å²) in [4.78, 5) is 0. The van der Waals surface area contributed by atoms with Crippen LogP contribution in [0, 0.1) is 0 Å². The Hall–Kier alpha value is 1.05. The monoisotopic (exact) mass is 152 g/mol. The Labute approximate surface area is 59.3 Å². The summed E-state index contributed by atoms with van der Waals surface area (Å²) in [6, 6.07) is 0. The van der Waals surface area contributed by atoms with E-state index in [1.807, 2.05) is 11.8 Å². The molecule has 0 aromatic heterocycles. The van der Waals surface area contributed by atoms with Crippen molar-refractivity contribution in [1.29, 1.82) is 0 Å². The second kappa shape index (κ2) is 2.11. The normalized spacial score (nSPS) is 28.3. The maximum absolute atomic E-state index is 4.28. The van der Waals surface area contributed by atoms with E-state index in [9.17, 15) is 0 Å². The van der Waals surface area contributed by atoms with Gasteiger partial charge in [-0.15, -0.1) is 11.8 Å². The van der Waals surface area contributed by atoms with Crippen LogP contribution >= 0.6 is 37.0 Å². The molecule has 0 bridgehead atoms. The first-order valence-corrected chi connectivity index (χ1v) is 4.17. The zero-order valence-corrected chi connectivity index (χ0v) is 6.53. The zero-order valence-electron chi connectivity index (χ0n) is 3.92. The molecule has 1 aliphatic rings. The molecule has 0 aliphatic carbocycles. The van der Waals surface area contributed by atoms with Gasteiger partial charge in [-0.05, 0) is 18.6 Å². The SMILES string of the molecule is SC1(S)CCCS1. The molecule has 1 fully saturated rings. The Bertz CT molecular complexity index is 61.3. The van der Waals surface area contributed by atoms with Crippen molar-refractivity contribution in [3.63, 3.8) is 0 Å². The van der Waals surface area contributed by atoms with Crippen molar-refractivity contribution in [2.24, 2.45) is 0 Å². The van der Waals surface area contributed by atoms with Crippen LogP contribution in [-0.2, 0) is 0 Å². The van der Waals surface area contributed by atoms with Crippen LogP contribution in [0.1, 0.15) is 12.8 Å². The molecule has 42 valence electrons. The van der Waals surface area contributed by atoms with Crippen LogP contribution in [0.5, 0.6) is 0 Å². The van der Waals surface area contributed by atoms with Gasteiger partial charge in [-0.25, -0.2) is 0 Å². The smallest absolute Gasteiger partial charge is 0.101 e. The van der Waals surface area contributed by atoms with Crippen molar-refractivity contribution in [3.05, 3.63) is 0 Å². The average molecular weight is 152 g/mol. The van der Waals surface area contributed by atoms with E-state index >= 15 is 0 Å². The van der Waals surface area contributed by atoms with E-state index in [0.29, 0.717) is 0 Å². The zero-order chi connectivity index (χ0) is 5.33. The second-order valence-corrected chi connectivity index (χ2v) is 5.57. The van der Waals surface area contributed by atoms with E-state index in [0.717, 1.165) is 6.42 Å². The van der Waals surface area contributed by atoms with Crippen molar-refractivity contribution >= 4 is 37.0 Å².